The van der Waals surface area contributed by atoms with E-state index in [0.29, 0.717) is 17.0 Å². The number of hydrogen-bond donors (Lipinski definition) is 0. The lowest BCUT2D eigenvalue weighted by atomic mass is 9.62. The predicted molar refractivity (Wildman–Crippen MR) is 120 cm³/mol. The van der Waals surface area contributed by atoms with E-state index in [9.17, 15) is 5.26 Å². The summed E-state index contributed by atoms with van der Waals surface area (Å²) in [5, 5.41) is 15.6. The van der Waals surface area contributed by atoms with Gasteiger partial charge in [0.05, 0.1) is 17.6 Å². The first kappa shape index (κ1) is 20.2. The summed E-state index contributed by atoms with van der Waals surface area (Å²) in [7, 11) is 3.85. The smallest absolute Gasteiger partial charge is 0.222 e. The first-order valence-electron chi connectivity index (χ1n) is 10.3. The second kappa shape index (κ2) is 7.74. The van der Waals surface area contributed by atoms with E-state index in [-0.39, 0.29) is 10.7 Å². The molecule has 0 saturated carbocycles. The van der Waals surface area contributed by atoms with Gasteiger partial charge in [0.2, 0.25) is 5.28 Å². The number of halogens is 1. The zero-order valence-electron chi connectivity index (χ0n) is 17.4. The van der Waals surface area contributed by atoms with Gasteiger partial charge in [-0.3, -0.25) is 0 Å². The van der Waals surface area contributed by atoms with Gasteiger partial charge in [-0.1, -0.05) is 5.16 Å². The minimum atomic E-state index is -0.312. The van der Waals surface area contributed by atoms with Gasteiger partial charge >= 0.3 is 0 Å². The van der Waals surface area contributed by atoms with Gasteiger partial charge in [-0.2, -0.15) is 5.26 Å². The summed E-state index contributed by atoms with van der Waals surface area (Å²) in [5.41, 5.74) is 4.14. The van der Waals surface area contributed by atoms with Crippen LogP contribution in [0.1, 0.15) is 52.9 Å². The van der Waals surface area contributed by atoms with E-state index in [1.165, 1.54) is 4.88 Å². The molecule has 3 heterocycles. The van der Waals surface area contributed by atoms with Crippen molar-refractivity contribution >= 4 is 34.3 Å². The van der Waals surface area contributed by atoms with E-state index < -0.39 is 0 Å². The van der Waals surface area contributed by atoms with Crippen LogP contribution in [0.25, 0.3) is 11.5 Å². The van der Waals surface area contributed by atoms with Crippen LogP contribution in [0.2, 0.25) is 5.28 Å². The summed E-state index contributed by atoms with van der Waals surface area (Å²) in [6, 6.07) is 4.25. The summed E-state index contributed by atoms with van der Waals surface area (Å²) < 4.78 is 5.85. The number of nitriles is 1. The van der Waals surface area contributed by atoms with Crippen molar-refractivity contribution in [3.8, 4) is 17.5 Å². The van der Waals surface area contributed by atoms with Crippen molar-refractivity contribution in [3.05, 3.63) is 44.8 Å². The van der Waals surface area contributed by atoms with Gasteiger partial charge in [0.1, 0.15) is 16.8 Å². The van der Waals surface area contributed by atoms with Gasteiger partial charge in [-0.15, -0.1) is 11.3 Å². The molecule has 3 aromatic rings. The molecule has 7 nitrogen and oxygen atoms in total. The van der Waals surface area contributed by atoms with Crippen molar-refractivity contribution in [1.82, 2.24) is 20.0 Å². The highest BCUT2D eigenvalue weighted by Gasteiger charge is 2.48. The van der Waals surface area contributed by atoms with Gasteiger partial charge in [0.25, 0.3) is 0 Å². The van der Waals surface area contributed by atoms with Crippen LogP contribution >= 0.6 is 22.9 Å². The van der Waals surface area contributed by atoms with E-state index in [2.05, 4.69) is 26.2 Å². The number of aromatic nitrogens is 3. The summed E-state index contributed by atoms with van der Waals surface area (Å²) in [6.07, 6.45) is 9.16. The maximum absolute atomic E-state index is 10.1. The van der Waals surface area contributed by atoms with Crippen LogP contribution in [0, 0.1) is 11.3 Å². The maximum Gasteiger partial charge on any atom is 0.222 e. The Morgan fingerprint density at radius 2 is 2.13 bits per heavy atom. The third kappa shape index (κ3) is 3.24. The third-order valence-corrected chi connectivity index (χ3v) is 7.44. The Bertz CT molecular complexity index is 1220. The zero-order valence-corrected chi connectivity index (χ0v) is 18.9. The minimum absolute atomic E-state index is 0.182. The predicted octanol–water partition coefficient (Wildman–Crippen LogP) is 4.90. The fraction of sp³-hybridized carbons (Fsp3) is 0.409. The molecule has 31 heavy (non-hydrogen) atoms. The lowest BCUT2D eigenvalue weighted by Gasteiger charge is -2.39. The topological polar surface area (TPSA) is 91.2 Å². The summed E-state index contributed by atoms with van der Waals surface area (Å²) in [4.78, 5) is 16.0. The normalized spacial score (nSPS) is 19.9. The average molecular weight is 453 g/mol. The number of hydrogen-bond acceptors (Lipinski definition) is 7. The second-order valence-electron chi connectivity index (χ2n) is 8.24. The largest absolute Gasteiger partial charge is 0.369 e. The number of nitrogens with zero attached hydrogens (tertiary/aromatic N) is 6. The SMILES string of the molecule is CN(C)/C=N/c1sc2c(c1C#N)[C@@]1(CCC2)CCCc2c1noc2-c1ccnc(Cl)n1. The van der Waals surface area contributed by atoms with Gasteiger partial charge in [-0.05, 0) is 61.8 Å². The van der Waals surface area contributed by atoms with E-state index in [0.717, 1.165) is 60.3 Å². The molecule has 158 valence electrons. The molecular weight excluding hydrogens is 432 g/mol. The minimum Gasteiger partial charge on any atom is -0.369 e. The Kier molecular flexibility index (Phi) is 5.03. The van der Waals surface area contributed by atoms with Crippen molar-refractivity contribution in [2.45, 2.75) is 43.9 Å². The lowest BCUT2D eigenvalue weighted by Crippen LogP contribution is -2.36. The van der Waals surface area contributed by atoms with Crippen LogP contribution in [0.15, 0.2) is 21.8 Å². The van der Waals surface area contributed by atoms with E-state index >= 15 is 0 Å². The van der Waals surface area contributed by atoms with Crippen LogP contribution < -0.4 is 0 Å². The fourth-order valence-electron chi connectivity index (χ4n) is 4.94. The monoisotopic (exact) mass is 452 g/mol. The van der Waals surface area contributed by atoms with Crippen molar-refractivity contribution in [1.29, 1.82) is 5.26 Å². The molecule has 0 amide bonds. The molecule has 9 heteroatoms. The van der Waals surface area contributed by atoms with Gasteiger partial charge in [0.15, 0.2) is 5.76 Å². The van der Waals surface area contributed by atoms with Crippen molar-refractivity contribution in [2.24, 2.45) is 4.99 Å². The van der Waals surface area contributed by atoms with E-state index in [1.54, 1.807) is 29.9 Å². The van der Waals surface area contributed by atoms with Gasteiger partial charge in [-0.25, -0.2) is 15.0 Å². The summed E-state index contributed by atoms with van der Waals surface area (Å²) >= 11 is 7.64. The fourth-order valence-corrected chi connectivity index (χ4v) is 6.31. The lowest BCUT2D eigenvalue weighted by molar-refractivity contribution is 0.337. The average Bonchev–Trinajstić information content (AvgIpc) is 3.35. The Hall–Kier alpha value is -2.76. The Balaban J connectivity index is 1.69. The Morgan fingerprint density at radius 3 is 2.87 bits per heavy atom. The molecule has 1 spiro atoms. The first-order valence-corrected chi connectivity index (χ1v) is 11.5. The molecule has 0 radical (unpaired) electrons. The summed E-state index contributed by atoms with van der Waals surface area (Å²) in [5.74, 6) is 0.657. The second-order valence-corrected chi connectivity index (χ2v) is 9.66. The summed E-state index contributed by atoms with van der Waals surface area (Å²) in [6.45, 7) is 0. The third-order valence-electron chi connectivity index (χ3n) is 6.10. The van der Waals surface area contributed by atoms with Crippen LogP contribution in [0.3, 0.4) is 0 Å². The molecule has 0 N–H and O–H groups in total. The molecule has 0 aliphatic heterocycles. The highest BCUT2D eigenvalue weighted by molar-refractivity contribution is 7.16. The Morgan fingerprint density at radius 1 is 1.32 bits per heavy atom. The van der Waals surface area contributed by atoms with E-state index in [4.69, 9.17) is 16.1 Å². The van der Waals surface area contributed by atoms with Gasteiger partial charge in [0, 0.05) is 36.1 Å². The van der Waals surface area contributed by atoms with Crippen LogP contribution in [-0.4, -0.2) is 40.5 Å². The molecule has 2 aliphatic rings. The number of rotatable bonds is 3. The highest BCUT2D eigenvalue weighted by atomic mass is 35.5. The Labute approximate surface area is 189 Å². The van der Waals surface area contributed by atoms with Gasteiger partial charge < -0.3 is 9.42 Å². The molecule has 0 saturated heterocycles. The number of thiophene rings is 1. The molecule has 5 rings (SSSR count). The number of aryl methyl sites for hydroxylation is 1. The number of aliphatic imine (C=N–C) groups is 1. The maximum atomic E-state index is 10.1. The van der Waals surface area contributed by atoms with Crippen LogP contribution in [0.5, 0.6) is 0 Å². The van der Waals surface area contributed by atoms with Crippen molar-refractivity contribution in [2.75, 3.05) is 14.1 Å². The molecular formula is C22H21ClN6OS. The quantitative estimate of drug-likeness (QED) is 0.319. The van der Waals surface area contributed by atoms with Crippen molar-refractivity contribution < 1.29 is 4.52 Å². The molecule has 2 aliphatic carbocycles. The first-order chi connectivity index (χ1) is 15.0. The molecule has 0 fully saturated rings. The standard InChI is InChI=1S/C22H21ClN6OS/c1-29(2)12-26-20-14(11-24)17-16(31-20)6-4-9-22(17)8-3-5-13-18(30-28-19(13)22)15-7-10-25-21(23)27-15/h7,10,12H,3-6,8-9H2,1-2H3/b26-12+/t22-/m0/s1. The zero-order chi connectivity index (χ0) is 21.6. The van der Waals surface area contributed by atoms with E-state index in [1.807, 2.05) is 19.0 Å². The van der Waals surface area contributed by atoms with Crippen molar-refractivity contribution in [3.63, 3.8) is 0 Å². The highest BCUT2D eigenvalue weighted by Crippen LogP contribution is 2.55. The molecule has 0 bridgehead atoms. The number of fused-ring (bicyclic) bond motifs is 4. The van der Waals surface area contributed by atoms with Crippen LogP contribution in [-0.2, 0) is 18.3 Å². The van der Waals surface area contributed by atoms with Crippen LogP contribution in [0.4, 0.5) is 5.00 Å². The molecule has 1 atom stereocenters. The molecule has 0 unspecified atom stereocenters. The molecule has 3 aromatic heterocycles. The molecule has 0 aromatic carbocycles.